The van der Waals surface area contributed by atoms with Gasteiger partial charge in [0.1, 0.15) is 11.9 Å². The number of amidine groups is 1. The lowest BCUT2D eigenvalue weighted by Gasteiger charge is -2.44. The number of hydrogen-bond acceptors (Lipinski definition) is 8. The molecule has 2 aromatic rings. The number of carboxylic acid groups (broad SMARTS) is 1. The van der Waals surface area contributed by atoms with Crippen LogP contribution in [0.2, 0.25) is 5.02 Å². The van der Waals surface area contributed by atoms with Gasteiger partial charge in [0.2, 0.25) is 0 Å². The van der Waals surface area contributed by atoms with Crippen LogP contribution in [0.1, 0.15) is 51.0 Å². The van der Waals surface area contributed by atoms with Gasteiger partial charge >= 0.3 is 11.9 Å². The van der Waals surface area contributed by atoms with Gasteiger partial charge in [-0.2, -0.15) is 0 Å². The van der Waals surface area contributed by atoms with E-state index in [0.717, 1.165) is 0 Å². The van der Waals surface area contributed by atoms with Crippen LogP contribution in [0.5, 0.6) is 0 Å². The standard InChI is InChI=1S/C28H35ClFN5O5/c1-5-39-28(38)23-20(15-35-12-13-40-25(16(2)3)21(35)8-9-22(36)37)32-26(27-31-10-11-34(27)4)33-24(23)18-7-6-17(30)14-19(18)29/h6-7,10-11,14,16,21,24-25H,5,8-9,12-13,15H2,1-4H3,(H,32,33)(H,36,37)/t21-,24+,25-/m1/s1. The van der Waals surface area contributed by atoms with Crippen LogP contribution in [0.3, 0.4) is 0 Å². The number of carbonyl (C=O) groups is 2. The number of rotatable bonds is 10. The van der Waals surface area contributed by atoms with Gasteiger partial charge in [-0.05, 0) is 31.4 Å². The number of imidazole rings is 1. The molecule has 1 aromatic heterocycles. The Morgan fingerprint density at radius 1 is 1.35 bits per heavy atom. The zero-order valence-electron chi connectivity index (χ0n) is 23.1. The number of aryl methyl sites for hydroxylation is 1. The van der Waals surface area contributed by atoms with Crippen molar-refractivity contribution in [2.24, 2.45) is 18.0 Å². The molecule has 12 heteroatoms. The number of morpholine rings is 1. The second-order valence-corrected chi connectivity index (χ2v) is 10.6. The second-order valence-electron chi connectivity index (χ2n) is 10.2. The fourth-order valence-electron chi connectivity index (χ4n) is 5.27. The lowest BCUT2D eigenvalue weighted by Crippen LogP contribution is -2.55. The van der Waals surface area contributed by atoms with Gasteiger partial charge < -0.3 is 24.5 Å². The number of nitrogens with zero attached hydrogens (tertiary/aromatic N) is 4. The van der Waals surface area contributed by atoms with Crippen LogP contribution in [0, 0.1) is 11.7 Å². The number of esters is 1. The number of hydrogen-bond donors (Lipinski definition) is 2. The van der Waals surface area contributed by atoms with Crippen molar-refractivity contribution in [3.8, 4) is 0 Å². The van der Waals surface area contributed by atoms with Gasteiger partial charge in [0.05, 0.1) is 24.9 Å². The summed E-state index contributed by atoms with van der Waals surface area (Å²) in [4.78, 5) is 36.4. The number of ether oxygens (including phenoxy) is 2. The topological polar surface area (TPSA) is 118 Å². The molecule has 216 valence electrons. The maximum Gasteiger partial charge on any atom is 0.338 e. The summed E-state index contributed by atoms with van der Waals surface area (Å²) in [5.41, 5.74) is 1.22. The Balaban J connectivity index is 1.83. The zero-order chi connectivity index (χ0) is 29.0. The molecule has 0 radical (unpaired) electrons. The normalized spacial score (nSPS) is 21.8. The van der Waals surface area contributed by atoms with Crippen LogP contribution >= 0.6 is 11.6 Å². The maximum atomic E-state index is 14.0. The summed E-state index contributed by atoms with van der Waals surface area (Å²) in [5.74, 6) is -0.869. The van der Waals surface area contributed by atoms with Crippen LogP contribution in [0.25, 0.3) is 0 Å². The van der Waals surface area contributed by atoms with Crippen molar-refractivity contribution < 1.29 is 28.6 Å². The molecular formula is C28H35ClFN5O5. The second kappa shape index (κ2) is 12.9. The molecule has 0 unspecified atom stereocenters. The van der Waals surface area contributed by atoms with Crippen LogP contribution in [0.15, 0.2) is 46.9 Å². The molecule has 0 aliphatic carbocycles. The molecule has 1 saturated heterocycles. The summed E-state index contributed by atoms with van der Waals surface area (Å²) in [6.07, 6.45) is 3.60. The third kappa shape index (κ3) is 6.54. The van der Waals surface area contributed by atoms with Crippen LogP contribution < -0.4 is 5.32 Å². The van der Waals surface area contributed by atoms with Gasteiger partial charge in [-0.25, -0.2) is 14.2 Å². The zero-order valence-corrected chi connectivity index (χ0v) is 23.8. The Labute approximate surface area is 237 Å². The average molecular weight is 576 g/mol. The van der Waals surface area contributed by atoms with Gasteiger partial charge in [-0.15, -0.1) is 0 Å². The van der Waals surface area contributed by atoms with Crippen LogP contribution in [0.4, 0.5) is 4.39 Å². The molecule has 2 aliphatic rings. The minimum Gasteiger partial charge on any atom is -0.481 e. The number of nitrogens with one attached hydrogen (secondary N) is 1. The Morgan fingerprint density at radius 3 is 2.75 bits per heavy atom. The van der Waals surface area contributed by atoms with Gasteiger partial charge in [0.25, 0.3) is 0 Å². The number of carboxylic acids is 1. The molecule has 4 rings (SSSR count). The first-order valence-electron chi connectivity index (χ1n) is 13.4. The molecule has 0 saturated carbocycles. The fraction of sp³-hybridized carbons (Fsp3) is 0.500. The van der Waals surface area contributed by atoms with Gasteiger partial charge in [0.15, 0.2) is 11.7 Å². The van der Waals surface area contributed by atoms with Crippen LogP contribution in [-0.4, -0.2) is 75.8 Å². The Morgan fingerprint density at radius 2 is 2.12 bits per heavy atom. The largest absolute Gasteiger partial charge is 0.481 e. The van der Waals surface area contributed by atoms with E-state index in [1.807, 2.05) is 20.9 Å². The first kappa shape index (κ1) is 29.7. The van der Waals surface area contributed by atoms with E-state index in [1.165, 1.54) is 18.2 Å². The molecule has 40 heavy (non-hydrogen) atoms. The van der Waals surface area contributed by atoms with Crippen LogP contribution in [-0.2, 0) is 26.1 Å². The average Bonchev–Trinajstić information content (AvgIpc) is 3.33. The number of benzene rings is 1. The van der Waals surface area contributed by atoms with E-state index in [4.69, 9.17) is 26.1 Å². The molecule has 0 bridgehead atoms. The number of aliphatic imine (C=N–C) groups is 1. The number of carbonyl (C=O) groups excluding carboxylic acids is 1. The highest BCUT2D eigenvalue weighted by Gasteiger charge is 2.39. The Kier molecular flexibility index (Phi) is 9.60. The summed E-state index contributed by atoms with van der Waals surface area (Å²) in [5, 5.41) is 12.9. The third-order valence-electron chi connectivity index (χ3n) is 7.12. The highest BCUT2D eigenvalue weighted by atomic mass is 35.5. The van der Waals surface area contributed by atoms with Crippen molar-refractivity contribution in [3.63, 3.8) is 0 Å². The van der Waals surface area contributed by atoms with Crippen molar-refractivity contribution in [2.75, 3.05) is 26.3 Å². The monoisotopic (exact) mass is 575 g/mol. The summed E-state index contributed by atoms with van der Waals surface area (Å²) >= 11 is 6.49. The van der Waals surface area contributed by atoms with Crippen molar-refractivity contribution in [3.05, 3.63) is 64.1 Å². The predicted molar refractivity (Wildman–Crippen MR) is 147 cm³/mol. The quantitative estimate of drug-likeness (QED) is 0.412. The Bertz CT molecular complexity index is 1310. The van der Waals surface area contributed by atoms with Crippen molar-refractivity contribution >= 4 is 29.4 Å². The molecule has 10 nitrogen and oxygen atoms in total. The number of halogens is 2. The summed E-state index contributed by atoms with van der Waals surface area (Å²) in [7, 11) is 1.83. The van der Waals surface area contributed by atoms with E-state index >= 15 is 0 Å². The molecule has 3 heterocycles. The van der Waals surface area contributed by atoms with E-state index in [0.29, 0.717) is 42.5 Å². The summed E-state index contributed by atoms with van der Waals surface area (Å²) in [6, 6.07) is 2.89. The predicted octanol–water partition coefficient (Wildman–Crippen LogP) is 3.71. The third-order valence-corrected chi connectivity index (χ3v) is 7.45. The van der Waals surface area contributed by atoms with Gasteiger partial charge in [-0.3, -0.25) is 14.7 Å². The van der Waals surface area contributed by atoms with E-state index < -0.39 is 23.8 Å². The van der Waals surface area contributed by atoms with Gasteiger partial charge in [0, 0.05) is 61.3 Å². The lowest BCUT2D eigenvalue weighted by molar-refractivity contribution is -0.139. The van der Waals surface area contributed by atoms with Crippen molar-refractivity contribution in [2.45, 2.75) is 51.8 Å². The first-order valence-corrected chi connectivity index (χ1v) is 13.7. The summed E-state index contributed by atoms with van der Waals surface area (Å²) < 4.78 is 27.3. The SMILES string of the molecule is CCOC(=O)C1=C(CN2CCO[C@H](C(C)C)[C@H]2CCC(=O)O)NC(c2nccn2C)=N[C@H]1c1ccc(F)cc1Cl. The molecule has 1 aromatic carbocycles. The van der Waals surface area contributed by atoms with E-state index in [9.17, 15) is 19.1 Å². The van der Waals surface area contributed by atoms with E-state index in [1.54, 1.807) is 23.9 Å². The molecule has 0 spiro atoms. The van der Waals surface area contributed by atoms with E-state index in [2.05, 4.69) is 15.2 Å². The first-order chi connectivity index (χ1) is 19.1. The lowest BCUT2D eigenvalue weighted by atomic mass is 9.91. The van der Waals surface area contributed by atoms with Gasteiger partial charge in [-0.1, -0.05) is 31.5 Å². The minimum absolute atomic E-state index is 0.0151. The minimum atomic E-state index is -0.894. The Hall–Kier alpha value is -3.28. The number of aliphatic carboxylic acids is 1. The smallest absolute Gasteiger partial charge is 0.338 e. The molecule has 2 aliphatic heterocycles. The molecule has 2 N–H and O–H groups in total. The molecule has 0 amide bonds. The molecule has 3 atom stereocenters. The van der Waals surface area contributed by atoms with Crippen molar-refractivity contribution in [1.29, 1.82) is 0 Å². The maximum absolute atomic E-state index is 14.0. The fourth-order valence-corrected chi connectivity index (χ4v) is 5.54. The highest BCUT2D eigenvalue weighted by Crippen LogP contribution is 2.37. The molecular weight excluding hydrogens is 541 g/mol. The van der Waals surface area contributed by atoms with E-state index in [-0.39, 0.29) is 48.2 Å². The van der Waals surface area contributed by atoms with Crippen molar-refractivity contribution in [1.82, 2.24) is 19.8 Å². The number of aromatic nitrogens is 2. The summed E-state index contributed by atoms with van der Waals surface area (Å²) in [6.45, 7) is 7.21. The highest BCUT2D eigenvalue weighted by molar-refractivity contribution is 6.31. The molecule has 1 fully saturated rings.